The normalized spacial score (nSPS) is 19.7. The molecule has 2 N–H and O–H groups in total. The minimum absolute atomic E-state index is 0.0429. The number of nitrogens with zero attached hydrogens (tertiary/aromatic N) is 3. The van der Waals surface area contributed by atoms with E-state index in [0.717, 1.165) is 26.1 Å². The maximum atomic E-state index is 12.0. The second-order valence-electron chi connectivity index (χ2n) is 5.93. The first kappa shape index (κ1) is 15.9. The molecule has 0 bridgehead atoms. The Morgan fingerprint density at radius 2 is 2.19 bits per heavy atom. The monoisotopic (exact) mass is 291 g/mol. The molecule has 0 saturated carbocycles. The van der Waals surface area contributed by atoms with Gasteiger partial charge in [-0.3, -0.25) is 15.0 Å². The van der Waals surface area contributed by atoms with Crippen molar-refractivity contribution in [2.24, 2.45) is 5.92 Å². The Bertz CT molecular complexity index is 437. The molecule has 0 radical (unpaired) electrons. The van der Waals surface area contributed by atoms with Crippen LogP contribution < -0.4 is 10.6 Å². The fourth-order valence-electron chi connectivity index (χ4n) is 2.59. The molecule has 21 heavy (non-hydrogen) atoms. The van der Waals surface area contributed by atoms with Gasteiger partial charge in [0.25, 0.3) is 0 Å². The zero-order chi connectivity index (χ0) is 15.1. The smallest absolute Gasteiger partial charge is 0.240 e. The molecule has 2 rings (SSSR count). The Morgan fingerprint density at radius 1 is 1.43 bits per heavy atom. The highest BCUT2D eigenvalue weighted by Gasteiger charge is 2.21. The zero-order valence-corrected chi connectivity index (χ0v) is 12.9. The lowest BCUT2D eigenvalue weighted by molar-refractivity contribution is -0.117. The Hall–Kier alpha value is -1.53. The van der Waals surface area contributed by atoms with Crippen LogP contribution >= 0.6 is 0 Å². The molecule has 0 aromatic carbocycles. The lowest BCUT2D eigenvalue weighted by Gasteiger charge is -2.32. The molecule has 1 amide bonds. The molecule has 0 spiro atoms. The number of carbonyl (C=O) groups is 1. The topological polar surface area (TPSA) is 70.2 Å². The van der Waals surface area contributed by atoms with Gasteiger partial charge >= 0.3 is 0 Å². The van der Waals surface area contributed by atoms with E-state index in [4.69, 9.17) is 0 Å². The first-order chi connectivity index (χ1) is 10.1. The number of piperidine rings is 1. The predicted molar refractivity (Wildman–Crippen MR) is 83.0 cm³/mol. The first-order valence-electron chi connectivity index (χ1n) is 7.66. The summed E-state index contributed by atoms with van der Waals surface area (Å²) in [4.78, 5) is 22.2. The van der Waals surface area contributed by atoms with Gasteiger partial charge in [0.05, 0.1) is 6.54 Å². The van der Waals surface area contributed by atoms with Crippen LogP contribution in [-0.4, -0.2) is 53.0 Å². The van der Waals surface area contributed by atoms with E-state index in [-0.39, 0.29) is 5.91 Å². The second kappa shape index (κ2) is 8.05. The van der Waals surface area contributed by atoms with Crippen molar-refractivity contribution in [2.75, 3.05) is 31.5 Å². The summed E-state index contributed by atoms with van der Waals surface area (Å²) in [5.74, 6) is 0.957. The minimum atomic E-state index is -0.0429. The van der Waals surface area contributed by atoms with Crippen LogP contribution in [0.5, 0.6) is 0 Å². The number of rotatable bonds is 6. The Morgan fingerprint density at radius 3 is 2.90 bits per heavy atom. The van der Waals surface area contributed by atoms with E-state index < -0.39 is 0 Å². The number of hydrogen-bond acceptors (Lipinski definition) is 5. The number of anilines is 1. The molecule has 1 aliphatic rings. The highest BCUT2D eigenvalue weighted by molar-refractivity contribution is 5.90. The van der Waals surface area contributed by atoms with Gasteiger partial charge < -0.3 is 5.32 Å². The average Bonchev–Trinajstić information content (AvgIpc) is 2.46. The number of carbonyl (C=O) groups excluding carboxylic acids is 1. The van der Waals surface area contributed by atoms with Crippen molar-refractivity contribution in [1.82, 2.24) is 20.2 Å². The van der Waals surface area contributed by atoms with Gasteiger partial charge in [-0.05, 0) is 37.9 Å². The third-order valence-electron chi connectivity index (χ3n) is 3.60. The van der Waals surface area contributed by atoms with Gasteiger partial charge in [0.2, 0.25) is 11.9 Å². The average molecular weight is 291 g/mol. The maximum absolute atomic E-state index is 12.0. The van der Waals surface area contributed by atoms with Crippen LogP contribution in [-0.2, 0) is 4.79 Å². The molecule has 6 heteroatoms. The zero-order valence-electron chi connectivity index (χ0n) is 12.9. The Kier molecular flexibility index (Phi) is 6.07. The molecule has 0 aliphatic carbocycles. The van der Waals surface area contributed by atoms with Gasteiger partial charge in [0.1, 0.15) is 0 Å². The number of hydrogen-bond donors (Lipinski definition) is 2. The number of likely N-dealkylation sites (tertiary alicyclic amines) is 1. The third-order valence-corrected chi connectivity index (χ3v) is 3.60. The molecule has 1 fully saturated rings. The Labute approximate surface area is 126 Å². The van der Waals surface area contributed by atoms with E-state index in [1.807, 2.05) is 0 Å². The van der Waals surface area contributed by atoms with E-state index in [1.165, 1.54) is 6.42 Å². The predicted octanol–water partition coefficient (Wildman–Crippen LogP) is 1.13. The quantitative estimate of drug-likeness (QED) is 0.822. The van der Waals surface area contributed by atoms with E-state index in [1.54, 1.807) is 18.5 Å². The summed E-state index contributed by atoms with van der Waals surface area (Å²) < 4.78 is 0. The molecule has 1 aromatic rings. The third kappa shape index (κ3) is 5.77. The van der Waals surface area contributed by atoms with Gasteiger partial charge in [0.15, 0.2) is 0 Å². The summed E-state index contributed by atoms with van der Waals surface area (Å²) in [6.45, 7) is 7.72. The number of amides is 1. The number of aromatic nitrogens is 2. The van der Waals surface area contributed by atoms with Crippen LogP contribution in [0, 0.1) is 5.92 Å². The van der Waals surface area contributed by atoms with Crippen molar-refractivity contribution in [3.63, 3.8) is 0 Å². The van der Waals surface area contributed by atoms with E-state index in [9.17, 15) is 4.79 Å². The van der Waals surface area contributed by atoms with Crippen LogP contribution in [0.3, 0.4) is 0 Å². The molecule has 2 heterocycles. The minimum Gasteiger partial charge on any atom is -0.314 e. The van der Waals surface area contributed by atoms with E-state index in [2.05, 4.69) is 39.3 Å². The van der Waals surface area contributed by atoms with Crippen molar-refractivity contribution in [1.29, 1.82) is 0 Å². The standard InChI is InChI=1S/C15H25N5O/c1-12(2)18-9-13-5-3-8-20(10-13)11-14(21)19-15-16-6-4-7-17-15/h4,6-7,12-13,18H,3,5,8-11H2,1-2H3,(H,16,17,19,21). The fraction of sp³-hybridized carbons (Fsp3) is 0.667. The molecular formula is C15H25N5O. The summed E-state index contributed by atoms with van der Waals surface area (Å²) in [5, 5.41) is 6.22. The van der Waals surface area contributed by atoms with Crippen LogP contribution in [0.2, 0.25) is 0 Å². The van der Waals surface area contributed by atoms with Crippen molar-refractivity contribution in [2.45, 2.75) is 32.7 Å². The van der Waals surface area contributed by atoms with Crippen molar-refractivity contribution in [3.05, 3.63) is 18.5 Å². The lowest BCUT2D eigenvalue weighted by Crippen LogP contribution is -2.44. The molecule has 1 atom stereocenters. The van der Waals surface area contributed by atoms with Crippen LogP contribution in [0.4, 0.5) is 5.95 Å². The largest absolute Gasteiger partial charge is 0.314 e. The number of nitrogens with one attached hydrogen (secondary N) is 2. The molecule has 6 nitrogen and oxygen atoms in total. The van der Waals surface area contributed by atoms with Crippen molar-refractivity contribution in [3.8, 4) is 0 Å². The molecular weight excluding hydrogens is 266 g/mol. The molecule has 1 saturated heterocycles. The van der Waals surface area contributed by atoms with Crippen molar-refractivity contribution < 1.29 is 4.79 Å². The fourth-order valence-corrected chi connectivity index (χ4v) is 2.59. The molecule has 1 aromatic heterocycles. The maximum Gasteiger partial charge on any atom is 0.240 e. The second-order valence-corrected chi connectivity index (χ2v) is 5.93. The summed E-state index contributed by atoms with van der Waals surface area (Å²) in [6.07, 6.45) is 5.63. The summed E-state index contributed by atoms with van der Waals surface area (Å²) in [6, 6.07) is 2.24. The summed E-state index contributed by atoms with van der Waals surface area (Å²) in [7, 11) is 0. The summed E-state index contributed by atoms with van der Waals surface area (Å²) >= 11 is 0. The molecule has 1 aliphatic heterocycles. The lowest BCUT2D eigenvalue weighted by atomic mass is 9.98. The highest BCUT2D eigenvalue weighted by Crippen LogP contribution is 2.15. The summed E-state index contributed by atoms with van der Waals surface area (Å²) in [5.41, 5.74) is 0. The van der Waals surface area contributed by atoms with E-state index >= 15 is 0 Å². The highest BCUT2D eigenvalue weighted by atomic mass is 16.2. The van der Waals surface area contributed by atoms with Gasteiger partial charge in [-0.1, -0.05) is 13.8 Å². The van der Waals surface area contributed by atoms with Gasteiger partial charge in [-0.15, -0.1) is 0 Å². The molecule has 1 unspecified atom stereocenters. The van der Waals surface area contributed by atoms with Crippen LogP contribution in [0.15, 0.2) is 18.5 Å². The molecule has 116 valence electrons. The first-order valence-corrected chi connectivity index (χ1v) is 7.66. The van der Waals surface area contributed by atoms with Crippen LogP contribution in [0.1, 0.15) is 26.7 Å². The SMILES string of the molecule is CC(C)NCC1CCCN(CC(=O)Nc2ncccn2)C1. The van der Waals surface area contributed by atoms with Gasteiger partial charge in [-0.25, -0.2) is 9.97 Å². The Balaban J connectivity index is 1.75. The van der Waals surface area contributed by atoms with Crippen molar-refractivity contribution >= 4 is 11.9 Å². The van der Waals surface area contributed by atoms with Gasteiger partial charge in [0, 0.05) is 25.0 Å². The van der Waals surface area contributed by atoms with Gasteiger partial charge in [-0.2, -0.15) is 0 Å². The van der Waals surface area contributed by atoms with Crippen LogP contribution in [0.25, 0.3) is 0 Å². The van der Waals surface area contributed by atoms with E-state index in [0.29, 0.717) is 24.5 Å².